The minimum Gasteiger partial charge on any atom is -0.323 e. The number of nitrogens with two attached hydrogens (primary N) is 1. The molecular formula is C17H22ClN3. The third-order valence-electron chi connectivity index (χ3n) is 5.00. The summed E-state index contributed by atoms with van der Waals surface area (Å²) in [5.74, 6) is 1.10. The maximum Gasteiger partial charge on any atom is 0.130 e. The van der Waals surface area contributed by atoms with Crippen molar-refractivity contribution in [3.8, 4) is 0 Å². The molecule has 2 saturated carbocycles. The Kier molecular flexibility index (Phi) is 3.23. The Balaban J connectivity index is 1.89. The lowest BCUT2D eigenvalue weighted by atomic mass is 9.90. The van der Waals surface area contributed by atoms with E-state index in [0.29, 0.717) is 6.04 Å². The zero-order valence-electron chi connectivity index (χ0n) is 12.3. The normalized spacial score (nSPS) is 22.4. The molecule has 21 heavy (non-hydrogen) atoms. The van der Waals surface area contributed by atoms with Crippen molar-refractivity contribution in [3.63, 3.8) is 0 Å². The van der Waals surface area contributed by atoms with Crippen LogP contribution >= 0.6 is 11.6 Å². The average molecular weight is 304 g/mol. The molecule has 0 spiro atoms. The summed E-state index contributed by atoms with van der Waals surface area (Å²) in [6, 6.07) is 6.58. The minimum absolute atomic E-state index is 0.259. The molecule has 0 amide bonds. The number of halogens is 1. The van der Waals surface area contributed by atoms with E-state index >= 15 is 0 Å². The molecule has 112 valence electrons. The molecule has 0 unspecified atom stereocenters. The second kappa shape index (κ2) is 4.99. The second-order valence-electron chi connectivity index (χ2n) is 6.74. The van der Waals surface area contributed by atoms with Gasteiger partial charge in [0.15, 0.2) is 0 Å². The zero-order valence-corrected chi connectivity index (χ0v) is 13.1. The van der Waals surface area contributed by atoms with Crippen molar-refractivity contribution in [2.45, 2.75) is 62.9 Å². The van der Waals surface area contributed by atoms with Crippen molar-refractivity contribution in [1.29, 1.82) is 0 Å². The van der Waals surface area contributed by atoms with Crippen LogP contribution in [0, 0.1) is 0 Å². The third-order valence-corrected chi connectivity index (χ3v) is 5.24. The molecule has 2 aliphatic rings. The first-order chi connectivity index (χ1) is 10.2. The van der Waals surface area contributed by atoms with E-state index < -0.39 is 0 Å². The van der Waals surface area contributed by atoms with Crippen LogP contribution in [0.25, 0.3) is 11.0 Å². The third kappa shape index (κ3) is 2.36. The summed E-state index contributed by atoms with van der Waals surface area (Å²) in [5, 5.41) is 0.780. The molecule has 1 aromatic heterocycles. The highest BCUT2D eigenvalue weighted by atomic mass is 35.5. The molecule has 4 rings (SSSR count). The minimum atomic E-state index is -0.259. The van der Waals surface area contributed by atoms with E-state index in [0.717, 1.165) is 34.7 Å². The van der Waals surface area contributed by atoms with Crippen LogP contribution in [-0.2, 0) is 5.54 Å². The van der Waals surface area contributed by atoms with Crippen LogP contribution in [0.2, 0.25) is 5.02 Å². The van der Waals surface area contributed by atoms with Gasteiger partial charge in [-0.3, -0.25) is 0 Å². The van der Waals surface area contributed by atoms with E-state index in [4.69, 9.17) is 22.3 Å². The van der Waals surface area contributed by atoms with Crippen LogP contribution in [-0.4, -0.2) is 9.55 Å². The van der Waals surface area contributed by atoms with Crippen molar-refractivity contribution in [3.05, 3.63) is 29.0 Å². The summed E-state index contributed by atoms with van der Waals surface area (Å²) >= 11 is 6.20. The Labute approximate surface area is 130 Å². The topological polar surface area (TPSA) is 43.8 Å². The fourth-order valence-electron chi connectivity index (χ4n) is 3.70. The maximum absolute atomic E-state index is 6.83. The van der Waals surface area contributed by atoms with Crippen molar-refractivity contribution < 1.29 is 0 Å². The fraction of sp³-hybridized carbons (Fsp3) is 0.588. The monoisotopic (exact) mass is 303 g/mol. The van der Waals surface area contributed by atoms with Gasteiger partial charge in [-0.1, -0.05) is 37.3 Å². The number of hydrogen-bond acceptors (Lipinski definition) is 2. The highest BCUT2D eigenvalue weighted by molar-refractivity contribution is 6.31. The molecule has 2 aromatic rings. The maximum atomic E-state index is 6.83. The van der Waals surface area contributed by atoms with Gasteiger partial charge in [-0.15, -0.1) is 0 Å². The summed E-state index contributed by atoms with van der Waals surface area (Å²) in [6.45, 7) is 0. The Morgan fingerprint density at radius 1 is 1.14 bits per heavy atom. The number of imidazole rings is 1. The first-order valence-corrected chi connectivity index (χ1v) is 8.52. The van der Waals surface area contributed by atoms with Crippen molar-refractivity contribution in [2.24, 2.45) is 5.73 Å². The SMILES string of the molecule is NC1(c2nc3ccc(Cl)cc3n2C2CC2)CCCCCC1. The molecule has 4 heteroatoms. The molecule has 0 bridgehead atoms. The van der Waals surface area contributed by atoms with Crippen LogP contribution < -0.4 is 5.73 Å². The van der Waals surface area contributed by atoms with Gasteiger partial charge in [0.05, 0.1) is 16.6 Å². The highest BCUT2D eigenvalue weighted by Gasteiger charge is 2.38. The molecule has 0 aliphatic heterocycles. The molecule has 3 nitrogen and oxygen atoms in total. The van der Waals surface area contributed by atoms with Gasteiger partial charge in [0.1, 0.15) is 5.82 Å². The standard InChI is InChI=1S/C17H22ClN3/c18-12-5-8-14-15(11-12)21(13-6-7-13)16(20-14)17(19)9-3-1-2-4-10-17/h5,8,11,13H,1-4,6-7,9-10,19H2. The Hall–Kier alpha value is -1.06. The molecule has 2 aliphatic carbocycles. The first kappa shape index (κ1) is 13.6. The Bertz CT molecular complexity index is 664. The second-order valence-corrected chi connectivity index (χ2v) is 7.18. The van der Waals surface area contributed by atoms with Gasteiger partial charge < -0.3 is 10.3 Å². The van der Waals surface area contributed by atoms with Gasteiger partial charge in [-0.25, -0.2) is 4.98 Å². The molecule has 0 saturated heterocycles. The van der Waals surface area contributed by atoms with E-state index in [1.165, 1.54) is 38.5 Å². The van der Waals surface area contributed by atoms with Crippen LogP contribution in [0.15, 0.2) is 18.2 Å². The van der Waals surface area contributed by atoms with Gasteiger partial charge in [-0.05, 0) is 43.9 Å². The first-order valence-electron chi connectivity index (χ1n) is 8.14. The highest BCUT2D eigenvalue weighted by Crippen LogP contribution is 2.43. The van der Waals surface area contributed by atoms with Crippen molar-refractivity contribution in [1.82, 2.24) is 9.55 Å². The molecule has 1 aromatic carbocycles. The van der Waals surface area contributed by atoms with E-state index in [9.17, 15) is 0 Å². The van der Waals surface area contributed by atoms with Crippen LogP contribution in [0.1, 0.15) is 63.2 Å². The summed E-state index contributed by atoms with van der Waals surface area (Å²) < 4.78 is 2.40. The lowest BCUT2D eigenvalue weighted by Crippen LogP contribution is -2.39. The van der Waals surface area contributed by atoms with E-state index in [1.807, 2.05) is 18.2 Å². The van der Waals surface area contributed by atoms with Crippen LogP contribution in [0.4, 0.5) is 0 Å². The summed E-state index contributed by atoms with van der Waals surface area (Å²) in [5.41, 5.74) is 8.77. The lowest BCUT2D eigenvalue weighted by Gasteiger charge is -2.28. The summed E-state index contributed by atoms with van der Waals surface area (Å²) in [6.07, 6.45) is 9.61. The molecule has 1 heterocycles. The number of aromatic nitrogens is 2. The number of hydrogen-bond donors (Lipinski definition) is 1. The Morgan fingerprint density at radius 3 is 2.52 bits per heavy atom. The van der Waals surface area contributed by atoms with Gasteiger partial charge in [0.2, 0.25) is 0 Å². The van der Waals surface area contributed by atoms with Crippen molar-refractivity contribution in [2.75, 3.05) is 0 Å². The quantitative estimate of drug-likeness (QED) is 0.828. The Morgan fingerprint density at radius 2 is 1.86 bits per heavy atom. The molecular weight excluding hydrogens is 282 g/mol. The van der Waals surface area contributed by atoms with E-state index in [2.05, 4.69) is 4.57 Å². The summed E-state index contributed by atoms with van der Waals surface area (Å²) in [4.78, 5) is 4.93. The average Bonchev–Trinajstić information content (AvgIpc) is 3.25. The van der Waals surface area contributed by atoms with Gasteiger partial charge in [0.25, 0.3) is 0 Å². The largest absolute Gasteiger partial charge is 0.323 e. The van der Waals surface area contributed by atoms with Crippen LogP contribution in [0.5, 0.6) is 0 Å². The smallest absolute Gasteiger partial charge is 0.130 e. The number of fused-ring (bicyclic) bond motifs is 1. The summed E-state index contributed by atoms with van der Waals surface area (Å²) in [7, 11) is 0. The molecule has 0 radical (unpaired) electrons. The predicted molar refractivity (Wildman–Crippen MR) is 86.6 cm³/mol. The van der Waals surface area contributed by atoms with Gasteiger partial charge in [-0.2, -0.15) is 0 Å². The van der Waals surface area contributed by atoms with Gasteiger partial charge >= 0.3 is 0 Å². The van der Waals surface area contributed by atoms with Gasteiger partial charge in [0, 0.05) is 11.1 Å². The number of nitrogens with zero attached hydrogens (tertiary/aromatic N) is 2. The van der Waals surface area contributed by atoms with E-state index in [1.54, 1.807) is 0 Å². The van der Waals surface area contributed by atoms with Crippen LogP contribution in [0.3, 0.4) is 0 Å². The molecule has 0 atom stereocenters. The van der Waals surface area contributed by atoms with E-state index in [-0.39, 0.29) is 5.54 Å². The molecule has 2 N–H and O–H groups in total. The molecule has 2 fully saturated rings. The number of rotatable bonds is 2. The number of benzene rings is 1. The predicted octanol–water partition coefficient (Wildman–Crippen LogP) is 4.53. The van der Waals surface area contributed by atoms with Crippen molar-refractivity contribution >= 4 is 22.6 Å². The lowest BCUT2D eigenvalue weighted by molar-refractivity contribution is 0.349. The zero-order chi connectivity index (χ0) is 14.4. The fourth-order valence-corrected chi connectivity index (χ4v) is 3.87.